The van der Waals surface area contributed by atoms with Crippen molar-refractivity contribution in [3.8, 4) is 0 Å². The van der Waals surface area contributed by atoms with Gasteiger partial charge in [0.2, 0.25) is 0 Å². The maximum absolute atomic E-state index is 8.99. The van der Waals surface area contributed by atoms with Crippen LogP contribution in [-0.2, 0) is 1.16 Å². The summed E-state index contributed by atoms with van der Waals surface area (Å²) in [6, 6.07) is 0. The van der Waals surface area contributed by atoms with Gasteiger partial charge >= 0.3 is 43.3 Å². The van der Waals surface area contributed by atoms with Crippen LogP contribution in [-0.4, -0.2) is 0 Å². The second-order valence-corrected chi connectivity index (χ2v) is 2.10. The molecule has 4 heteroatoms. The Morgan fingerprint density at radius 3 is 1.75 bits per heavy atom. The second kappa shape index (κ2) is 9.25. The van der Waals surface area contributed by atoms with Gasteiger partial charge in [0.1, 0.15) is 0 Å². The fourth-order valence-electron chi connectivity index (χ4n) is 0. The molecule has 0 aromatic rings. The van der Waals surface area contributed by atoms with Gasteiger partial charge in [0.15, 0.2) is 0 Å². The van der Waals surface area contributed by atoms with E-state index in [0.717, 1.165) is 0 Å². The zero-order chi connectivity index (χ0) is 2.71. The molecule has 1 nitrogen and oxygen atoms in total. The second-order valence-electron chi connectivity index (χ2n) is 0.0546. The average molecular weight is 392 g/mol. The Labute approximate surface area is 76.6 Å². The Balaban J connectivity index is 0. The normalized spacial score (nSPS) is 4.25. The van der Waals surface area contributed by atoms with Gasteiger partial charge in [0.25, 0.3) is 0 Å². The summed E-state index contributed by atoms with van der Waals surface area (Å²) in [6.45, 7) is 0. The van der Waals surface area contributed by atoms with Crippen LogP contribution >= 0.6 is 9.21 Å². The van der Waals surface area contributed by atoms with Crippen molar-refractivity contribution in [2.75, 3.05) is 0 Å². The van der Waals surface area contributed by atoms with Crippen LogP contribution < -0.4 is 0 Å². The summed E-state index contributed by atoms with van der Waals surface area (Å²) in [5, 5.41) is 0. The minimum absolute atomic E-state index is 0. The summed E-state index contributed by atoms with van der Waals surface area (Å²) in [6.07, 6.45) is 0. The fourth-order valence-corrected chi connectivity index (χ4v) is 0. The molecule has 0 amide bonds. The van der Waals surface area contributed by atoms with Crippen LogP contribution in [0.25, 0.3) is 0 Å². The summed E-state index contributed by atoms with van der Waals surface area (Å²) in [5.41, 5.74) is 0. The first-order valence-corrected chi connectivity index (χ1v) is 6.22. The van der Waals surface area contributed by atoms with Crippen LogP contribution in [0.4, 0.5) is 0 Å². The molecular formula is BrGdLaO. The van der Waals surface area contributed by atoms with E-state index in [4.69, 9.17) is 1.16 Å². The summed E-state index contributed by atoms with van der Waals surface area (Å²) in [5.74, 6) is 0. The van der Waals surface area contributed by atoms with Crippen LogP contribution in [0.15, 0.2) is 0 Å². The molecular weight excluding hydrogens is 392 g/mol. The van der Waals surface area contributed by atoms with Crippen LogP contribution in [0.1, 0.15) is 0 Å². The van der Waals surface area contributed by atoms with Crippen LogP contribution in [0.5, 0.6) is 0 Å². The Morgan fingerprint density at radius 1 is 1.75 bits per heavy atom. The van der Waals surface area contributed by atoms with Gasteiger partial charge in [0, 0.05) is 35.6 Å². The molecule has 0 N–H and O–H groups in total. The van der Waals surface area contributed by atoms with Gasteiger partial charge in [-0.05, 0) is 0 Å². The van der Waals surface area contributed by atoms with Gasteiger partial charge in [-0.1, -0.05) is 0 Å². The summed E-state index contributed by atoms with van der Waals surface area (Å²) >= 11 is -1.02. The van der Waals surface area contributed by atoms with Crippen molar-refractivity contribution in [2.45, 2.75) is 0 Å². The first-order chi connectivity index (χ1) is 1.41. The molecule has 0 saturated carbocycles. The molecule has 0 heterocycles. The van der Waals surface area contributed by atoms with Crippen LogP contribution in [0.3, 0.4) is 0 Å². The van der Waals surface area contributed by atoms with Crippen molar-refractivity contribution in [2.24, 2.45) is 0 Å². The summed E-state index contributed by atoms with van der Waals surface area (Å²) in [7, 11) is 2.73. The third-order valence-electron chi connectivity index (χ3n) is 0. The Morgan fingerprint density at radius 2 is 1.75 bits per heavy atom. The fraction of sp³-hybridized carbons (Fsp3) is 0. The standard InChI is InChI=1S/BrH.Gd.La.O/h1H;;;/q;+1;;/p-1. The molecule has 24 valence electrons. The van der Waals surface area contributed by atoms with Crippen molar-refractivity contribution in [1.29, 1.82) is 0 Å². The SMILES string of the molecule is [La].[O]=[Gd][Br]. The molecule has 0 saturated heterocycles. The van der Waals surface area contributed by atoms with Gasteiger partial charge in [-0.2, -0.15) is 0 Å². The quantitative estimate of drug-likeness (QED) is 0.595. The predicted molar refractivity (Wildman–Crippen MR) is 9.61 cm³/mol. The molecule has 4 heavy (non-hydrogen) atoms. The van der Waals surface area contributed by atoms with E-state index in [1.54, 1.807) is 0 Å². The Hall–Kier alpha value is 2.80. The number of halogens is 1. The monoisotopic (exact) mass is 392 g/mol. The van der Waals surface area contributed by atoms with Crippen LogP contribution in [0, 0.1) is 68.5 Å². The summed E-state index contributed by atoms with van der Waals surface area (Å²) < 4.78 is 8.99. The molecule has 1 radical (unpaired) electrons. The van der Waals surface area contributed by atoms with Gasteiger partial charge in [0.05, 0.1) is 0 Å². The van der Waals surface area contributed by atoms with Crippen molar-refractivity contribution in [1.82, 2.24) is 0 Å². The maximum atomic E-state index is 8.99. The number of rotatable bonds is 0. The molecule has 0 fully saturated rings. The summed E-state index contributed by atoms with van der Waals surface area (Å²) in [4.78, 5) is 0. The van der Waals surface area contributed by atoms with Gasteiger partial charge in [-0.3, -0.25) is 0 Å². The van der Waals surface area contributed by atoms with Crippen molar-refractivity contribution in [3.05, 3.63) is 0 Å². The predicted octanol–water partition coefficient (Wildman–Crippen LogP) is 0.727. The third-order valence-corrected chi connectivity index (χ3v) is 0. The third kappa shape index (κ3) is 8.84. The molecule has 0 aromatic carbocycles. The van der Waals surface area contributed by atoms with Crippen molar-refractivity contribution in [3.63, 3.8) is 0 Å². The first-order valence-electron chi connectivity index (χ1n) is 0.278. The van der Waals surface area contributed by atoms with Crippen molar-refractivity contribution < 1.29 is 69.7 Å². The molecule has 0 atom stereocenters. The van der Waals surface area contributed by atoms with E-state index < -0.39 is 33.0 Å². The van der Waals surface area contributed by atoms with Gasteiger partial charge in [-0.25, -0.2) is 0 Å². The van der Waals surface area contributed by atoms with E-state index in [1.165, 1.54) is 0 Å². The van der Waals surface area contributed by atoms with Gasteiger partial charge < -0.3 is 0 Å². The van der Waals surface area contributed by atoms with E-state index in [9.17, 15) is 0 Å². The topological polar surface area (TPSA) is 17.1 Å². The average Bonchev–Trinajstić information content (AvgIpc) is 0.918. The first kappa shape index (κ1) is 9.93. The molecule has 0 bridgehead atoms. The van der Waals surface area contributed by atoms with E-state index in [2.05, 4.69) is 9.21 Å². The van der Waals surface area contributed by atoms with Gasteiger partial charge in [-0.15, -0.1) is 0 Å². The molecule has 0 rings (SSSR count). The zero-order valence-electron chi connectivity index (χ0n) is 1.72. The molecule has 0 aliphatic heterocycles. The van der Waals surface area contributed by atoms with Crippen LogP contribution in [0.2, 0.25) is 0 Å². The number of hydrogen-bond donors (Lipinski definition) is 0. The van der Waals surface area contributed by atoms with E-state index in [0.29, 0.717) is 0 Å². The minimum atomic E-state index is -1.02. The molecule has 0 aliphatic carbocycles. The van der Waals surface area contributed by atoms with Crippen molar-refractivity contribution >= 4 is 9.21 Å². The van der Waals surface area contributed by atoms with E-state index in [1.807, 2.05) is 0 Å². The molecule has 0 spiro atoms. The molecule has 0 unspecified atom stereocenters. The Kier molecular flexibility index (Phi) is 23.0. The molecule has 0 aliphatic rings. The zero-order valence-corrected chi connectivity index (χ0v) is 9.20. The number of hydrogen-bond acceptors (Lipinski definition) is 1. The molecule has 0 aromatic heterocycles. The van der Waals surface area contributed by atoms with E-state index in [-0.39, 0.29) is 35.6 Å². The van der Waals surface area contributed by atoms with E-state index >= 15 is 0 Å². The Bertz CT molecular complexity index is 15.5.